The van der Waals surface area contributed by atoms with E-state index in [0.29, 0.717) is 51.4 Å². The van der Waals surface area contributed by atoms with Crippen molar-refractivity contribution in [3.05, 3.63) is 243 Å². The predicted molar refractivity (Wildman–Crippen MR) is 472 cm³/mol. The maximum absolute atomic E-state index is 13.1. The van der Waals surface area contributed by atoms with Crippen molar-refractivity contribution in [2.45, 2.75) is 290 Å². The third-order valence-electron chi connectivity index (χ3n) is 16.3. The van der Waals surface area contributed by atoms with E-state index in [1.807, 2.05) is 66.8 Å². The van der Waals surface area contributed by atoms with Crippen molar-refractivity contribution in [3.8, 4) is 0 Å². The van der Waals surface area contributed by atoms with Crippen molar-refractivity contribution < 1.29 is 80.2 Å². The second kappa shape index (κ2) is 83.8. The Morgan fingerprint density at radius 1 is 0.254 bits per heavy atom. The highest BCUT2D eigenvalue weighted by molar-refractivity contribution is 7.47. The Balaban J connectivity index is 5.67. The summed E-state index contributed by atoms with van der Waals surface area (Å²) in [5.41, 5.74) is 0. The summed E-state index contributed by atoms with van der Waals surface area (Å²) < 4.78 is 68.4. The summed E-state index contributed by atoms with van der Waals surface area (Å²) in [4.78, 5) is 73.1. The Bertz CT molecular complexity index is 3120. The maximum atomic E-state index is 13.1. The normalized spacial score (nSPS) is 15.0. The van der Waals surface area contributed by atoms with Crippen LogP contribution >= 0.6 is 15.6 Å². The Hall–Kier alpha value is -7.14. The minimum atomic E-state index is -5.04. The van der Waals surface area contributed by atoms with Crippen LogP contribution in [0.3, 0.4) is 0 Å². The van der Waals surface area contributed by atoms with Gasteiger partial charge in [0.1, 0.15) is 19.3 Å². The van der Waals surface area contributed by atoms with E-state index in [0.717, 1.165) is 109 Å². The van der Waals surface area contributed by atoms with Gasteiger partial charge < -0.3 is 33.8 Å². The SMILES string of the molecule is CC/C=C\C/C=C\C/C=C\C/C=C\C/C=C\C/C=C\CCC(=O)O[C@H](COC(=O)CC/C=C\C/C=C\C/C=C\C/C=C\C/C=C\CCCCC)COP(=O)(O)OC[C@@H](O)COP(=O)(O)OC[C@@H](COC(=O)CC/C=C\C/C=C\C/C=C\C/C=C\C/C=C\CCCCC)OC(=O)CCC/C=C\C/C=C\C/C=C\C/C=C\CCCCC. The van der Waals surface area contributed by atoms with E-state index in [4.69, 9.17) is 37.0 Å². The lowest BCUT2D eigenvalue weighted by molar-refractivity contribution is -0.161. The standard InChI is InChI=1S/C95H146O17P2/c1-5-9-13-17-21-25-29-33-37-41-44-48-51-55-59-63-67-71-75-79-92(97)105-85-90(111-94(99)81-77-73-69-65-61-57-53-47-40-36-32-28-24-20-16-12-8-4)87-109-113(101,102)107-83-89(96)84-108-114(103,104)110-88-91(112-95(100)82-78-74-70-66-62-58-54-50-46-43-39-35-31-27-23-19-15-11-7-3)86-106-93(98)80-76-72-68-64-60-56-52-49-45-42-38-34-30-26-22-18-14-10-6-2/h11,15,21-28,33-40,44-46,48-50,53,55-60,62,65,67-72,74,89-91,96H,5-10,12-14,16-20,29-32,41-43,47,51-52,54,61,63-64,66,73,75-88H2,1-4H3,(H,101,102)(H,103,104)/b15-11-,25-21-,26-22-,27-23-,28-24-,37-33-,38-34-,39-35-,40-36-,48-44-,49-45-,50-46-,57-53-,59-55-,60-56-,62-58-,69-65-,71-67-,72-68-,74-70-/t89-,90+,91+/m0/s1. The smallest absolute Gasteiger partial charge is 0.462 e. The number of hydrogen-bond donors (Lipinski definition) is 3. The molecule has 3 N–H and O–H groups in total. The van der Waals surface area contributed by atoms with Crippen LogP contribution in [0.15, 0.2) is 243 Å². The molecule has 638 valence electrons. The van der Waals surface area contributed by atoms with Crippen molar-refractivity contribution in [2.24, 2.45) is 0 Å². The molecule has 0 fully saturated rings. The molecule has 0 aromatic heterocycles. The van der Waals surface area contributed by atoms with E-state index < -0.39 is 97.5 Å². The van der Waals surface area contributed by atoms with E-state index in [2.05, 4.69) is 204 Å². The molecule has 0 aliphatic heterocycles. The maximum Gasteiger partial charge on any atom is 0.472 e. The van der Waals surface area contributed by atoms with Crippen molar-refractivity contribution in [1.29, 1.82) is 0 Å². The molecule has 0 saturated heterocycles. The van der Waals surface area contributed by atoms with Crippen LogP contribution in [0, 0.1) is 0 Å². The third kappa shape index (κ3) is 82.8. The lowest BCUT2D eigenvalue weighted by atomic mass is 10.2. The molecule has 0 rings (SSSR count). The summed E-state index contributed by atoms with van der Waals surface area (Å²) in [5, 5.41) is 10.7. The summed E-state index contributed by atoms with van der Waals surface area (Å²) in [6.07, 6.45) is 110. The molecule has 0 aliphatic rings. The van der Waals surface area contributed by atoms with Crippen LogP contribution in [0.5, 0.6) is 0 Å². The molecular weight excluding hydrogens is 1470 g/mol. The van der Waals surface area contributed by atoms with E-state index in [-0.39, 0.29) is 25.7 Å². The molecule has 0 aromatic rings. The molecule has 0 aromatic carbocycles. The first kappa shape index (κ1) is 107. The highest BCUT2D eigenvalue weighted by atomic mass is 31.2. The molecule has 2 unspecified atom stereocenters. The fraction of sp³-hybridized carbons (Fsp3) is 0.537. The second-order valence-corrected chi connectivity index (χ2v) is 29.9. The molecule has 0 spiro atoms. The van der Waals surface area contributed by atoms with Crippen LogP contribution in [-0.4, -0.2) is 96.7 Å². The van der Waals surface area contributed by atoms with Gasteiger partial charge in [0.2, 0.25) is 0 Å². The predicted octanol–water partition coefficient (Wildman–Crippen LogP) is 25.6. The van der Waals surface area contributed by atoms with Gasteiger partial charge in [-0.1, -0.05) is 309 Å². The third-order valence-corrected chi connectivity index (χ3v) is 18.2. The van der Waals surface area contributed by atoms with Gasteiger partial charge in [-0.05, 0) is 180 Å². The van der Waals surface area contributed by atoms with E-state index in [1.54, 1.807) is 0 Å². The summed E-state index contributed by atoms with van der Waals surface area (Å²) in [6, 6.07) is 0. The van der Waals surface area contributed by atoms with Gasteiger partial charge in [-0.25, -0.2) is 9.13 Å². The Kier molecular flexibility index (Phi) is 78.5. The van der Waals surface area contributed by atoms with E-state index >= 15 is 0 Å². The van der Waals surface area contributed by atoms with Gasteiger partial charge in [0.05, 0.1) is 26.4 Å². The number of phosphoric acid groups is 2. The molecule has 0 heterocycles. The molecular formula is C95H146O17P2. The molecule has 17 nitrogen and oxygen atoms in total. The highest BCUT2D eigenvalue weighted by Gasteiger charge is 2.30. The second-order valence-electron chi connectivity index (χ2n) is 27.0. The van der Waals surface area contributed by atoms with Crippen LogP contribution in [-0.2, 0) is 65.4 Å². The van der Waals surface area contributed by atoms with E-state index in [9.17, 15) is 43.2 Å². The zero-order valence-electron chi connectivity index (χ0n) is 69.9. The number of phosphoric ester groups is 2. The number of aliphatic hydroxyl groups excluding tert-OH is 1. The Morgan fingerprint density at radius 2 is 0.465 bits per heavy atom. The quantitative estimate of drug-likeness (QED) is 0.0169. The molecule has 0 aliphatic carbocycles. The number of allylic oxidation sites excluding steroid dienone is 40. The number of hydrogen-bond acceptors (Lipinski definition) is 15. The lowest BCUT2D eigenvalue weighted by Gasteiger charge is -2.21. The Labute approximate surface area is 688 Å². The molecule has 0 bridgehead atoms. The first-order chi connectivity index (χ1) is 55.7. The minimum absolute atomic E-state index is 0.00789. The zero-order valence-corrected chi connectivity index (χ0v) is 71.7. The first-order valence-corrected chi connectivity index (χ1v) is 45.3. The summed E-state index contributed by atoms with van der Waals surface area (Å²) in [7, 11) is -10.1. The van der Waals surface area contributed by atoms with Crippen LogP contribution in [0.2, 0.25) is 0 Å². The van der Waals surface area contributed by atoms with Gasteiger partial charge in [-0.2, -0.15) is 0 Å². The van der Waals surface area contributed by atoms with Gasteiger partial charge in [0.15, 0.2) is 12.2 Å². The fourth-order valence-corrected chi connectivity index (χ4v) is 11.5. The van der Waals surface area contributed by atoms with Gasteiger partial charge in [-0.3, -0.25) is 37.3 Å². The van der Waals surface area contributed by atoms with Gasteiger partial charge in [-0.15, -0.1) is 0 Å². The van der Waals surface area contributed by atoms with Gasteiger partial charge in [0, 0.05) is 25.7 Å². The topological polar surface area (TPSA) is 237 Å². The number of rotatable bonds is 76. The first-order valence-electron chi connectivity index (χ1n) is 42.3. The lowest BCUT2D eigenvalue weighted by Crippen LogP contribution is -2.30. The average Bonchev–Trinajstić information content (AvgIpc) is 0.901. The number of aliphatic hydroxyl groups is 1. The number of unbranched alkanes of at least 4 members (excludes halogenated alkanes) is 10. The van der Waals surface area contributed by atoms with Crippen molar-refractivity contribution >= 4 is 39.5 Å². The fourth-order valence-electron chi connectivity index (χ4n) is 9.91. The van der Waals surface area contributed by atoms with Crippen LogP contribution in [0.4, 0.5) is 0 Å². The van der Waals surface area contributed by atoms with Gasteiger partial charge in [0.25, 0.3) is 0 Å². The molecule has 114 heavy (non-hydrogen) atoms. The highest BCUT2D eigenvalue weighted by Crippen LogP contribution is 2.45. The van der Waals surface area contributed by atoms with E-state index in [1.165, 1.54) is 57.8 Å². The number of esters is 4. The largest absolute Gasteiger partial charge is 0.472 e. The summed E-state index contributed by atoms with van der Waals surface area (Å²) >= 11 is 0. The van der Waals surface area contributed by atoms with Crippen LogP contribution in [0.25, 0.3) is 0 Å². The van der Waals surface area contributed by atoms with Crippen LogP contribution < -0.4 is 0 Å². The zero-order chi connectivity index (χ0) is 83.1. The average molecular weight is 1620 g/mol. The number of ether oxygens (including phenoxy) is 4. The molecule has 0 radical (unpaired) electrons. The van der Waals surface area contributed by atoms with Gasteiger partial charge >= 0.3 is 39.5 Å². The molecule has 0 amide bonds. The number of carbonyl (C=O) groups is 4. The molecule has 0 saturated carbocycles. The monoisotopic (exact) mass is 1620 g/mol. The summed E-state index contributed by atoms with van der Waals surface area (Å²) in [5.74, 6) is -2.57. The molecule has 19 heteroatoms. The number of carbonyl (C=O) groups excluding carboxylic acids is 4. The minimum Gasteiger partial charge on any atom is -0.462 e. The van der Waals surface area contributed by atoms with Crippen LogP contribution in [0.1, 0.15) is 272 Å². The van der Waals surface area contributed by atoms with Crippen molar-refractivity contribution in [3.63, 3.8) is 0 Å². The Morgan fingerprint density at radius 3 is 0.719 bits per heavy atom. The van der Waals surface area contributed by atoms with Crippen molar-refractivity contribution in [2.75, 3.05) is 39.6 Å². The van der Waals surface area contributed by atoms with Crippen molar-refractivity contribution in [1.82, 2.24) is 0 Å². The molecule has 5 atom stereocenters. The summed E-state index contributed by atoms with van der Waals surface area (Å²) in [6.45, 7) is 4.31.